The normalized spacial score (nSPS) is 15.1. The quantitative estimate of drug-likeness (QED) is 0.692. The van der Waals surface area contributed by atoms with Crippen LogP contribution in [0.15, 0.2) is 53.4 Å². The molecule has 1 saturated carbocycles. The first-order valence-corrected chi connectivity index (χ1v) is 11.5. The fraction of sp³-hybridized carbons (Fsp3) is 0.409. The summed E-state index contributed by atoms with van der Waals surface area (Å²) in [4.78, 5) is 12.3. The number of amides is 1. The average molecular weight is 417 g/mol. The molecular formula is C22H28N2O4S. The van der Waals surface area contributed by atoms with Crippen molar-refractivity contribution in [1.82, 2.24) is 10.0 Å². The molecule has 0 bridgehead atoms. The highest BCUT2D eigenvalue weighted by Gasteiger charge is 2.18. The summed E-state index contributed by atoms with van der Waals surface area (Å²) >= 11 is 0. The van der Waals surface area contributed by atoms with Gasteiger partial charge < -0.3 is 10.1 Å². The van der Waals surface area contributed by atoms with Gasteiger partial charge in [0, 0.05) is 12.6 Å². The number of carbonyl (C=O) groups excluding carboxylic acids is 1. The van der Waals surface area contributed by atoms with Crippen molar-refractivity contribution in [3.05, 3.63) is 59.7 Å². The van der Waals surface area contributed by atoms with Crippen LogP contribution in [-0.2, 0) is 21.4 Å². The maximum atomic E-state index is 12.5. The van der Waals surface area contributed by atoms with E-state index in [-0.39, 0.29) is 30.0 Å². The first-order valence-electron chi connectivity index (χ1n) is 10.0. The minimum Gasteiger partial charge on any atom is -0.484 e. The number of benzene rings is 2. The SMILES string of the molecule is Cc1cc(S(=O)(=O)NCc2ccccc2)ccc1OCC(=O)NC1CCCCC1. The second-order valence-electron chi connectivity index (χ2n) is 7.43. The third kappa shape index (κ3) is 6.30. The Morgan fingerprint density at radius 3 is 2.48 bits per heavy atom. The smallest absolute Gasteiger partial charge is 0.258 e. The van der Waals surface area contributed by atoms with Gasteiger partial charge in [0.2, 0.25) is 10.0 Å². The molecule has 0 heterocycles. The molecule has 2 aromatic rings. The lowest BCUT2D eigenvalue weighted by Gasteiger charge is -2.22. The maximum absolute atomic E-state index is 12.5. The Morgan fingerprint density at radius 2 is 1.79 bits per heavy atom. The third-order valence-corrected chi connectivity index (χ3v) is 6.49. The number of rotatable bonds is 8. The number of aryl methyl sites for hydroxylation is 1. The number of hydrogen-bond acceptors (Lipinski definition) is 4. The second-order valence-corrected chi connectivity index (χ2v) is 9.20. The molecule has 29 heavy (non-hydrogen) atoms. The van der Waals surface area contributed by atoms with Gasteiger partial charge in [-0.2, -0.15) is 0 Å². The van der Waals surface area contributed by atoms with Gasteiger partial charge >= 0.3 is 0 Å². The number of carbonyl (C=O) groups is 1. The molecule has 0 spiro atoms. The topological polar surface area (TPSA) is 84.5 Å². The van der Waals surface area contributed by atoms with Crippen LogP contribution in [0.2, 0.25) is 0 Å². The highest BCUT2D eigenvalue weighted by molar-refractivity contribution is 7.89. The first kappa shape index (κ1) is 21.3. The van der Waals surface area contributed by atoms with Crippen LogP contribution in [0.25, 0.3) is 0 Å². The lowest BCUT2D eigenvalue weighted by molar-refractivity contribution is -0.124. The predicted molar refractivity (Wildman–Crippen MR) is 112 cm³/mol. The van der Waals surface area contributed by atoms with E-state index in [1.807, 2.05) is 30.3 Å². The van der Waals surface area contributed by atoms with Crippen molar-refractivity contribution in [2.45, 2.75) is 56.5 Å². The Hall–Kier alpha value is -2.38. The van der Waals surface area contributed by atoms with Crippen LogP contribution in [0.3, 0.4) is 0 Å². The van der Waals surface area contributed by atoms with Crippen LogP contribution < -0.4 is 14.8 Å². The van der Waals surface area contributed by atoms with Crippen LogP contribution in [0.4, 0.5) is 0 Å². The van der Waals surface area contributed by atoms with Gasteiger partial charge in [-0.05, 0) is 49.1 Å². The molecule has 156 valence electrons. The van der Waals surface area contributed by atoms with Crippen molar-refractivity contribution in [1.29, 1.82) is 0 Å². The van der Waals surface area contributed by atoms with Crippen molar-refractivity contribution < 1.29 is 17.9 Å². The predicted octanol–water partition coefficient (Wildman–Crippen LogP) is 3.30. The largest absolute Gasteiger partial charge is 0.484 e. The Bertz CT molecular complexity index is 923. The summed E-state index contributed by atoms with van der Waals surface area (Å²) in [6.45, 7) is 1.92. The van der Waals surface area contributed by atoms with Crippen LogP contribution >= 0.6 is 0 Å². The van der Waals surface area contributed by atoms with Crippen LogP contribution in [0.1, 0.15) is 43.2 Å². The van der Waals surface area contributed by atoms with Crippen molar-refractivity contribution in [3.63, 3.8) is 0 Å². The summed E-state index contributed by atoms with van der Waals surface area (Å²) in [5.74, 6) is 0.364. The molecule has 0 unspecified atom stereocenters. The maximum Gasteiger partial charge on any atom is 0.258 e. The summed E-state index contributed by atoms with van der Waals surface area (Å²) in [6, 6.07) is 14.2. The molecule has 0 atom stereocenters. The standard InChI is InChI=1S/C22H28N2O4S/c1-17-14-20(29(26,27)23-15-18-8-4-2-5-9-18)12-13-21(17)28-16-22(25)24-19-10-6-3-7-11-19/h2,4-5,8-9,12-14,19,23H,3,6-7,10-11,15-16H2,1H3,(H,24,25). The number of sulfonamides is 1. The molecule has 7 heteroatoms. The molecule has 3 rings (SSSR count). The molecule has 0 aliphatic heterocycles. The number of ether oxygens (including phenoxy) is 1. The fourth-order valence-electron chi connectivity index (χ4n) is 3.47. The van der Waals surface area contributed by atoms with Gasteiger partial charge in [0.1, 0.15) is 5.75 Å². The van der Waals surface area contributed by atoms with E-state index in [9.17, 15) is 13.2 Å². The van der Waals surface area contributed by atoms with Crippen LogP contribution in [0, 0.1) is 6.92 Å². The van der Waals surface area contributed by atoms with E-state index in [4.69, 9.17) is 4.74 Å². The van der Waals surface area contributed by atoms with E-state index in [2.05, 4.69) is 10.0 Å². The lowest BCUT2D eigenvalue weighted by atomic mass is 9.95. The monoisotopic (exact) mass is 416 g/mol. The van der Waals surface area contributed by atoms with E-state index < -0.39 is 10.0 Å². The number of hydrogen-bond donors (Lipinski definition) is 2. The molecule has 0 radical (unpaired) electrons. The Kier molecular flexibility index (Phi) is 7.28. The molecule has 2 aromatic carbocycles. The summed E-state index contributed by atoms with van der Waals surface area (Å²) in [5.41, 5.74) is 1.55. The molecular weight excluding hydrogens is 388 g/mol. The van der Waals surface area contributed by atoms with Gasteiger partial charge in [0.25, 0.3) is 5.91 Å². The summed E-state index contributed by atoms with van der Waals surface area (Å²) in [5, 5.41) is 3.01. The van der Waals surface area contributed by atoms with Crippen molar-refractivity contribution in [2.24, 2.45) is 0 Å². The number of nitrogens with one attached hydrogen (secondary N) is 2. The van der Waals surface area contributed by atoms with Gasteiger partial charge in [-0.25, -0.2) is 13.1 Å². The van der Waals surface area contributed by atoms with Crippen molar-refractivity contribution in [2.75, 3.05) is 6.61 Å². The molecule has 1 amide bonds. The zero-order chi connectivity index (χ0) is 20.7. The minimum atomic E-state index is -3.63. The summed E-state index contributed by atoms with van der Waals surface area (Å²) < 4.78 is 33.3. The second kappa shape index (κ2) is 9.89. The van der Waals surface area contributed by atoms with Gasteiger partial charge in [-0.1, -0.05) is 49.6 Å². The van der Waals surface area contributed by atoms with E-state index in [0.717, 1.165) is 31.2 Å². The summed E-state index contributed by atoms with van der Waals surface area (Å²) in [6.07, 6.45) is 5.58. The Labute approximate surface area is 172 Å². The first-order chi connectivity index (χ1) is 13.9. The zero-order valence-electron chi connectivity index (χ0n) is 16.7. The van der Waals surface area contributed by atoms with Crippen molar-refractivity contribution >= 4 is 15.9 Å². The zero-order valence-corrected chi connectivity index (χ0v) is 17.5. The van der Waals surface area contributed by atoms with Gasteiger partial charge in [-0.3, -0.25) is 4.79 Å². The molecule has 6 nitrogen and oxygen atoms in total. The van der Waals surface area contributed by atoms with Gasteiger partial charge in [0.05, 0.1) is 4.90 Å². The molecule has 1 fully saturated rings. The minimum absolute atomic E-state index is 0.0737. The van der Waals surface area contributed by atoms with E-state index in [1.54, 1.807) is 19.1 Å². The average Bonchev–Trinajstić information content (AvgIpc) is 2.73. The Morgan fingerprint density at radius 1 is 1.07 bits per heavy atom. The highest BCUT2D eigenvalue weighted by Crippen LogP contribution is 2.22. The van der Waals surface area contributed by atoms with Crippen LogP contribution in [-0.4, -0.2) is 27.0 Å². The van der Waals surface area contributed by atoms with E-state index in [1.165, 1.54) is 12.5 Å². The van der Waals surface area contributed by atoms with Gasteiger partial charge in [0.15, 0.2) is 6.61 Å². The molecule has 2 N–H and O–H groups in total. The third-order valence-electron chi connectivity index (χ3n) is 5.09. The van der Waals surface area contributed by atoms with E-state index in [0.29, 0.717) is 11.3 Å². The highest BCUT2D eigenvalue weighted by atomic mass is 32.2. The van der Waals surface area contributed by atoms with E-state index >= 15 is 0 Å². The lowest BCUT2D eigenvalue weighted by Crippen LogP contribution is -2.39. The fourth-order valence-corrected chi connectivity index (χ4v) is 4.57. The molecule has 1 aliphatic carbocycles. The molecule has 0 aromatic heterocycles. The summed E-state index contributed by atoms with van der Waals surface area (Å²) in [7, 11) is -3.63. The molecule has 1 aliphatic rings. The molecule has 0 saturated heterocycles. The van der Waals surface area contributed by atoms with Crippen molar-refractivity contribution in [3.8, 4) is 5.75 Å². The Balaban J connectivity index is 1.55. The van der Waals surface area contributed by atoms with Gasteiger partial charge in [-0.15, -0.1) is 0 Å². The van der Waals surface area contributed by atoms with Crippen LogP contribution in [0.5, 0.6) is 5.75 Å².